The fourth-order valence-corrected chi connectivity index (χ4v) is 3.18. The normalized spacial score (nSPS) is 11.0. The zero-order chi connectivity index (χ0) is 15.6. The Bertz CT molecular complexity index is 943. The second-order valence-electron chi connectivity index (χ2n) is 5.51. The van der Waals surface area contributed by atoms with Gasteiger partial charge in [0, 0.05) is 16.6 Å². The van der Waals surface area contributed by atoms with Gasteiger partial charge in [-0.2, -0.15) is 0 Å². The highest BCUT2D eigenvalue weighted by Crippen LogP contribution is 2.27. The van der Waals surface area contributed by atoms with Crippen LogP contribution < -0.4 is 0 Å². The quantitative estimate of drug-likeness (QED) is 0.469. The monoisotopic (exact) mass is 362 g/mol. The molecule has 112 valence electrons. The number of halogens is 1. The molecule has 0 N–H and O–H groups in total. The molecule has 0 bridgehead atoms. The van der Waals surface area contributed by atoms with E-state index in [2.05, 4.69) is 81.2 Å². The summed E-state index contributed by atoms with van der Waals surface area (Å²) in [5, 5.41) is 0. The third kappa shape index (κ3) is 2.80. The van der Waals surface area contributed by atoms with E-state index in [1.807, 2.05) is 18.2 Å². The van der Waals surface area contributed by atoms with E-state index in [0.717, 1.165) is 33.4 Å². The first kappa shape index (κ1) is 14.2. The van der Waals surface area contributed by atoms with Crippen LogP contribution in [-0.2, 0) is 6.54 Å². The van der Waals surface area contributed by atoms with Crippen LogP contribution in [-0.4, -0.2) is 9.55 Å². The van der Waals surface area contributed by atoms with Crippen LogP contribution in [0.2, 0.25) is 0 Å². The molecular formula is C20H15BrN2. The molecule has 3 heteroatoms. The molecule has 23 heavy (non-hydrogen) atoms. The lowest BCUT2D eigenvalue weighted by molar-refractivity contribution is 0.834. The molecule has 4 aromatic rings. The summed E-state index contributed by atoms with van der Waals surface area (Å²) in [5.74, 6) is 1.00. The minimum atomic E-state index is 0.804. The Labute approximate surface area is 143 Å². The van der Waals surface area contributed by atoms with Crippen molar-refractivity contribution in [1.82, 2.24) is 9.55 Å². The minimum Gasteiger partial charge on any atom is -0.319 e. The Morgan fingerprint density at radius 2 is 1.52 bits per heavy atom. The third-order valence-corrected chi connectivity index (χ3v) is 4.42. The lowest BCUT2D eigenvalue weighted by Crippen LogP contribution is -2.02. The Morgan fingerprint density at radius 3 is 2.26 bits per heavy atom. The summed E-state index contributed by atoms with van der Waals surface area (Å²) in [6.45, 7) is 0.804. The maximum absolute atomic E-state index is 4.86. The molecule has 0 aliphatic rings. The number of aromatic nitrogens is 2. The smallest absolute Gasteiger partial charge is 0.141 e. The average molecular weight is 363 g/mol. The summed E-state index contributed by atoms with van der Waals surface area (Å²) in [4.78, 5) is 4.86. The maximum atomic E-state index is 4.86. The first-order valence-corrected chi connectivity index (χ1v) is 8.36. The lowest BCUT2D eigenvalue weighted by Gasteiger charge is -2.10. The molecule has 0 saturated carbocycles. The summed E-state index contributed by atoms with van der Waals surface area (Å²) in [7, 11) is 0. The predicted molar refractivity (Wildman–Crippen MR) is 98.4 cm³/mol. The van der Waals surface area contributed by atoms with Crippen LogP contribution >= 0.6 is 15.9 Å². The molecule has 0 saturated heterocycles. The van der Waals surface area contributed by atoms with E-state index >= 15 is 0 Å². The highest BCUT2D eigenvalue weighted by atomic mass is 79.9. The van der Waals surface area contributed by atoms with E-state index < -0.39 is 0 Å². The number of benzene rings is 3. The summed E-state index contributed by atoms with van der Waals surface area (Å²) >= 11 is 3.58. The lowest BCUT2D eigenvalue weighted by atomic mass is 10.2. The van der Waals surface area contributed by atoms with Crippen molar-refractivity contribution >= 4 is 27.0 Å². The van der Waals surface area contributed by atoms with Crippen molar-refractivity contribution in [2.45, 2.75) is 6.54 Å². The van der Waals surface area contributed by atoms with Crippen molar-refractivity contribution in [3.8, 4) is 11.4 Å². The fraction of sp³-hybridized carbons (Fsp3) is 0.0500. The molecule has 0 aliphatic heterocycles. The zero-order valence-corrected chi connectivity index (χ0v) is 14.1. The van der Waals surface area contributed by atoms with Gasteiger partial charge < -0.3 is 4.57 Å². The van der Waals surface area contributed by atoms with Crippen LogP contribution in [0.1, 0.15) is 5.56 Å². The standard InChI is InChI=1S/C20H15BrN2/c21-17-11-12-18-19(13-17)23(14-15-7-3-1-4-8-15)20(22-18)16-9-5-2-6-10-16/h1-13H,14H2. The summed E-state index contributed by atoms with van der Waals surface area (Å²) in [6, 6.07) is 27.1. The van der Waals surface area contributed by atoms with Gasteiger partial charge in [0.1, 0.15) is 5.82 Å². The van der Waals surface area contributed by atoms with Crippen molar-refractivity contribution in [3.05, 3.63) is 88.9 Å². The topological polar surface area (TPSA) is 17.8 Å². The largest absolute Gasteiger partial charge is 0.319 e. The average Bonchev–Trinajstić information content (AvgIpc) is 2.95. The van der Waals surface area contributed by atoms with E-state index in [-0.39, 0.29) is 0 Å². The van der Waals surface area contributed by atoms with Crippen LogP contribution in [0.5, 0.6) is 0 Å². The van der Waals surface area contributed by atoms with Gasteiger partial charge in [-0.15, -0.1) is 0 Å². The second kappa shape index (κ2) is 6.01. The molecule has 0 fully saturated rings. The molecule has 1 aromatic heterocycles. The summed E-state index contributed by atoms with van der Waals surface area (Å²) in [5.41, 5.74) is 4.56. The molecule has 3 aromatic carbocycles. The first-order chi connectivity index (χ1) is 11.3. The fourth-order valence-electron chi connectivity index (χ4n) is 2.83. The van der Waals surface area contributed by atoms with E-state index in [1.165, 1.54) is 5.56 Å². The van der Waals surface area contributed by atoms with Gasteiger partial charge >= 0.3 is 0 Å². The molecule has 0 unspecified atom stereocenters. The highest BCUT2D eigenvalue weighted by Gasteiger charge is 2.13. The molecule has 0 aliphatic carbocycles. The van der Waals surface area contributed by atoms with Crippen LogP contribution in [0, 0.1) is 0 Å². The molecule has 0 amide bonds. The SMILES string of the molecule is Brc1ccc2nc(-c3ccccc3)n(Cc3ccccc3)c2c1. The number of rotatable bonds is 3. The van der Waals surface area contributed by atoms with Crippen LogP contribution in [0.15, 0.2) is 83.3 Å². The number of nitrogens with zero attached hydrogens (tertiary/aromatic N) is 2. The highest BCUT2D eigenvalue weighted by molar-refractivity contribution is 9.10. The van der Waals surface area contributed by atoms with Crippen LogP contribution in [0.3, 0.4) is 0 Å². The molecule has 0 spiro atoms. The van der Waals surface area contributed by atoms with Gasteiger partial charge in [0.05, 0.1) is 11.0 Å². The maximum Gasteiger partial charge on any atom is 0.141 e. The summed E-state index contributed by atoms with van der Waals surface area (Å²) in [6.07, 6.45) is 0. The van der Waals surface area contributed by atoms with E-state index in [1.54, 1.807) is 0 Å². The predicted octanol–water partition coefficient (Wildman–Crippen LogP) is 5.51. The van der Waals surface area contributed by atoms with Crippen LogP contribution in [0.4, 0.5) is 0 Å². The number of imidazole rings is 1. The molecule has 2 nitrogen and oxygen atoms in total. The summed E-state index contributed by atoms with van der Waals surface area (Å²) < 4.78 is 3.35. The van der Waals surface area contributed by atoms with Gasteiger partial charge in [0.15, 0.2) is 0 Å². The zero-order valence-electron chi connectivity index (χ0n) is 12.5. The van der Waals surface area contributed by atoms with E-state index in [9.17, 15) is 0 Å². The van der Waals surface area contributed by atoms with Crippen LogP contribution in [0.25, 0.3) is 22.4 Å². The Kier molecular flexibility index (Phi) is 3.72. The molecule has 1 heterocycles. The third-order valence-electron chi connectivity index (χ3n) is 3.93. The number of fused-ring (bicyclic) bond motifs is 1. The second-order valence-corrected chi connectivity index (χ2v) is 6.42. The van der Waals surface area contributed by atoms with E-state index in [4.69, 9.17) is 4.98 Å². The van der Waals surface area contributed by atoms with Crippen molar-refractivity contribution < 1.29 is 0 Å². The Morgan fingerprint density at radius 1 is 0.826 bits per heavy atom. The minimum absolute atomic E-state index is 0.804. The first-order valence-electron chi connectivity index (χ1n) is 7.56. The van der Waals surface area contributed by atoms with Gasteiger partial charge in [0.2, 0.25) is 0 Å². The van der Waals surface area contributed by atoms with Gasteiger partial charge in [0.25, 0.3) is 0 Å². The van der Waals surface area contributed by atoms with Crippen molar-refractivity contribution in [1.29, 1.82) is 0 Å². The van der Waals surface area contributed by atoms with Gasteiger partial charge in [-0.1, -0.05) is 76.6 Å². The molecule has 0 atom stereocenters. The van der Waals surface area contributed by atoms with E-state index in [0.29, 0.717) is 0 Å². The van der Waals surface area contributed by atoms with Crippen molar-refractivity contribution in [2.75, 3.05) is 0 Å². The molecule has 0 radical (unpaired) electrons. The van der Waals surface area contributed by atoms with Crippen molar-refractivity contribution in [3.63, 3.8) is 0 Å². The molecule has 4 rings (SSSR count). The van der Waals surface area contributed by atoms with Gasteiger partial charge in [-0.3, -0.25) is 0 Å². The molecular weight excluding hydrogens is 348 g/mol. The Balaban J connectivity index is 1.93. The van der Waals surface area contributed by atoms with Gasteiger partial charge in [-0.05, 0) is 23.8 Å². The number of hydrogen-bond acceptors (Lipinski definition) is 1. The number of hydrogen-bond donors (Lipinski definition) is 0. The van der Waals surface area contributed by atoms with Crippen molar-refractivity contribution in [2.24, 2.45) is 0 Å². The van der Waals surface area contributed by atoms with Gasteiger partial charge in [-0.25, -0.2) is 4.98 Å². The Hall–Kier alpha value is -2.39.